The van der Waals surface area contributed by atoms with Gasteiger partial charge in [-0.1, -0.05) is 49.2 Å². The molecule has 158 valence electrons. The average Bonchev–Trinajstić information content (AvgIpc) is 3.21. The molecule has 1 saturated carbocycles. The van der Waals surface area contributed by atoms with Crippen LogP contribution in [0.25, 0.3) is 5.70 Å². The number of hydrogen-bond acceptors (Lipinski definition) is 6. The zero-order valence-corrected chi connectivity index (χ0v) is 16.8. The van der Waals surface area contributed by atoms with Crippen molar-refractivity contribution in [1.29, 1.82) is 0 Å². The van der Waals surface area contributed by atoms with E-state index in [0.717, 1.165) is 37.7 Å². The molecule has 4 rings (SSSR count). The number of carbonyl (C=O) groups excluding carboxylic acids is 2. The number of non-ortho nitro benzene ring substituents is 1. The quantitative estimate of drug-likeness (QED) is 0.255. The molecule has 1 aliphatic carbocycles. The van der Waals surface area contributed by atoms with E-state index >= 15 is 0 Å². The number of amides is 1. The molecule has 1 amide bonds. The lowest BCUT2D eigenvalue weighted by Crippen LogP contribution is -2.47. The fraction of sp³-hybridized carbons (Fsp3) is 0.261. The van der Waals surface area contributed by atoms with Crippen LogP contribution in [0.4, 0.5) is 5.69 Å². The third kappa shape index (κ3) is 4.53. The SMILES string of the molecule is O=C(C=C1NC2(CCCC2)Cc2ccccc21)C(=O)NN=Cc1cccc([N+](=O)[O-])c1. The Morgan fingerprint density at radius 3 is 2.68 bits per heavy atom. The molecule has 1 aliphatic heterocycles. The van der Waals surface area contributed by atoms with Crippen molar-refractivity contribution >= 4 is 29.3 Å². The van der Waals surface area contributed by atoms with Crippen molar-refractivity contribution < 1.29 is 14.5 Å². The highest BCUT2D eigenvalue weighted by molar-refractivity contribution is 6.41. The molecule has 2 N–H and O–H groups in total. The van der Waals surface area contributed by atoms with E-state index in [9.17, 15) is 19.7 Å². The van der Waals surface area contributed by atoms with Gasteiger partial charge in [0.1, 0.15) is 0 Å². The van der Waals surface area contributed by atoms with Crippen LogP contribution in [-0.2, 0) is 16.0 Å². The Labute approximate surface area is 179 Å². The molecule has 31 heavy (non-hydrogen) atoms. The summed E-state index contributed by atoms with van der Waals surface area (Å²) in [5, 5.41) is 18.1. The van der Waals surface area contributed by atoms with Crippen LogP contribution in [0.15, 0.2) is 59.7 Å². The minimum absolute atomic E-state index is 0.0584. The molecule has 1 spiro atoms. The smallest absolute Gasteiger partial charge is 0.311 e. The Morgan fingerprint density at radius 1 is 1.13 bits per heavy atom. The second kappa shape index (κ2) is 8.51. The number of nitrogens with zero attached hydrogens (tertiary/aromatic N) is 2. The van der Waals surface area contributed by atoms with E-state index in [-0.39, 0.29) is 11.2 Å². The molecule has 0 atom stereocenters. The van der Waals surface area contributed by atoms with Crippen molar-refractivity contribution in [3.63, 3.8) is 0 Å². The van der Waals surface area contributed by atoms with Crippen LogP contribution in [0.3, 0.4) is 0 Å². The van der Waals surface area contributed by atoms with Gasteiger partial charge in [0.2, 0.25) is 5.78 Å². The van der Waals surface area contributed by atoms with Crippen LogP contribution < -0.4 is 10.7 Å². The number of benzene rings is 2. The van der Waals surface area contributed by atoms with Gasteiger partial charge in [0, 0.05) is 40.6 Å². The largest absolute Gasteiger partial charge is 0.379 e. The first-order chi connectivity index (χ1) is 15.0. The second-order valence-electron chi connectivity index (χ2n) is 7.92. The molecule has 1 fully saturated rings. The predicted octanol–water partition coefficient (Wildman–Crippen LogP) is 3.11. The molecule has 2 aliphatic rings. The highest BCUT2D eigenvalue weighted by Gasteiger charge is 2.38. The normalized spacial score (nSPS) is 18.0. The first kappa shape index (κ1) is 20.5. The van der Waals surface area contributed by atoms with Crippen LogP contribution >= 0.6 is 0 Å². The molecule has 8 heteroatoms. The summed E-state index contributed by atoms with van der Waals surface area (Å²) in [6.07, 6.45) is 7.85. The van der Waals surface area contributed by atoms with Crippen molar-refractivity contribution in [1.82, 2.24) is 10.7 Å². The summed E-state index contributed by atoms with van der Waals surface area (Å²) in [7, 11) is 0. The highest BCUT2D eigenvalue weighted by Crippen LogP contribution is 2.39. The first-order valence-electron chi connectivity index (χ1n) is 10.2. The minimum atomic E-state index is -0.875. The molecule has 0 unspecified atom stereocenters. The number of nitro benzene ring substituents is 1. The lowest BCUT2D eigenvalue weighted by atomic mass is 9.82. The van der Waals surface area contributed by atoms with Crippen molar-refractivity contribution in [2.24, 2.45) is 5.10 Å². The van der Waals surface area contributed by atoms with E-state index in [1.807, 2.05) is 18.2 Å². The molecule has 0 saturated heterocycles. The van der Waals surface area contributed by atoms with Crippen LogP contribution in [0.2, 0.25) is 0 Å². The lowest BCUT2D eigenvalue weighted by molar-refractivity contribution is -0.384. The molecule has 0 radical (unpaired) electrons. The number of fused-ring (bicyclic) bond motifs is 1. The molecule has 1 heterocycles. The lowest BCUT2D eigenvalue weighted by Gasteiger charge is -2.38. The molecule has 8 nitrogen and oxygen atoms in total. The van der Waals surface area contributed by atoms with Crippen molar-refractivity contribution in [2.45, 2.75) is 37.6 Å². The van der Waals surface area contributed by atoms with Gasteiger partial charge in [-0.3, -0.25) is 19.7 Å². The Bertz CT molecular complexity index is 1100. The topological polar surface area (TPSA) is 114 Å². The number of rotatable bonds is 5. The average molecular weight is 418 g/mol. The molecule has 0 bridgehead atoms. The van der Waals surface area contributed by atoms with Crippen LogP contribution in [0, 0.1) is 10.1 Å². The molecular weight excluding hydrogens is 396 g/mol. The number of ketones is 1. The molecule has 0 aromatic heterocycles. The van der Waals surface area contributed by atoms with E-state index < -0.39 is 16.6 Å². The highest BCUT2D eigenvalue weighted by atomic mass is 16.6. The van der Waals surface area contributed by atoms with Crippen molar-refractivity contribution in [3.05, 3.63) is 81.4 Å². The summed E-state index contributed by atoms with van der Waals surface area (Å²) in [6, 6.07) is 13.7. The number of hydrogen-bond donors (Lipinski definition) is 2. The Balaban J connectivity index is 1.48. The summed E-state index contributed by atoms with van der Waals surface area (Å²) in [4.78, 5) is 35.1. The zero-order valence-electron chi connectivity index (χ0n) is 16.8. The summed E-state index contributed by atoms with van der Waals surface area (Å²) in [5.41, 5.74) is 5.25. The Kier molecular flexibility index (Phi) is 5.62. The summed E-state index contributed by atoms with van der Waals surface area (Å²) >= 11 is 0. The molecule has 2 aromatic rings. The van der Waals surface area contributed by atoms with Gasteiger partial charge in [-0.15, -0.1) is 0 Å². The Morgan fingerprint density at radius 2 is 1.90 bits per heavy atom. The maximum atomic E-state index is 12.5. The van der Waals surface area contributed by atoms with Gasteiger partial charge in [-0.05, 0) is 24.8 Å². The van der Waals surface area contributed by atoms with Gasteiger partial charge in [0.05, 0.1) is 11.1 Å². The standard InChI is InChI=1S/C23H22N4O4/c28-21(22(29)26-24-15-16-6-5-8-18(12-16)27(30)31)13-20-19-9-2-1-7-17(19)14-23(25-20)10-3-4-11-23/h1-2,5-9,12-13,15,25H,3-4,10-11,14H2,(H,26,29). The summed E-state index contributed by atoms with van der Waals surface area (Å²) in [6.45, 7) is 0. The van der Waals surface area contributed by atoms with E-state index in [4.69, 9.17) is 0 Å². The van der Waals surface area contributed by atoms with Gasteiger partial charge < -0.3 is 5.32 Å². The molecular formula is C23H22N4O4. The van der Waals surface area contributed by atoms with Gasteiger partial charge in [0.25, 0.3) is 5.69 Å². The van der Waals surface area contributed by atoms with Gasteiger partial charge in [-0.2, -0.15) is 5.10 Å². The Hall–Kier alpha value is -3.81. The second-order valence-corrected chi connectivity index (χ2v) is 7.92. The molecule has 2 aromatic carbocycles. The van der Waals surface area contributed by atoms with E-state index in [0.29, 0.717) is 11.3 Å². The van der Waals surface area contributed by atoms with E-state index in [1.54, 1.807) is 6.07 Å². The van der Waals surface area contributed by atoms with E-state index in [1.165, 1.54) is 36.1 Å². The van der Waals surface area contributed by atoms with Gasteiger partial charge in [0.15, 0.2) is 0 Å². The van der Waals surface area contributed by atoms with Crippen LogP contribution in [0.1, 0.15) is 42.4 Å². The fourth-order valence-corrected chi connectivity index (χ4v) is 4.30. The third-order valence-electron chi connectivity index (χ3n) is 5.76. The van der Waals surface area contributed by atoms with Gasteiger partial charge >= 0.3 is 5.91 Å². The number of nitrogens with one attached hydrogen (secondary N) is 2. The van der Waals surface area contributed by atoms with Gasteiger partial charge in [-0.25, -0.2) is 5.43 Å². The van der Waals surface area contributed by atoms with Crippen LogP contribution in [0.5, 0.6) is 0 Å². The minimum Gasteiger partial charge on any atom is -0.379 e. The first-order valence-corrected chi connectivity index (χ1v) is 10.2. The summed E-state index contributed by atoms with van der Waals surface area (Å²) < 4.78 is 0. The monoisotopic (exact) mass is 418 g/mol. The summed E-state index contributed by atoms with van der Waals surface area (Å²) in [5.74, 6) is -1.59. The number of hydrazone groups is 1. The number of nitro groups is 1. The third-order valence-corrected chi connectivity index (χ3v) is 5.76. The zero-order chi connectivity index (χ0) is 21.8. The maximum Gasteiger partial charge on any atom is 0.311 e. The maximum absolute atomic E-state index is 12.5. The fourth-order valence-electron chi connectivity index (χ4n) is 4.30. The van der Waals surface area contributed by atoms with E-state index in [2.05, 4.69) is 21.9 Å². The van der Waals surface area contributed by atoms with Crippen LogP contribution in [-0.4, -0.2) is 28.4 Å². The van der Waals surface area contributed by atoms with Crippen molar-refractivity contribution in [2.75, 3.05) is 0 Å². The van der Waals surface area contributed by atoms with Crippen molar-refractivity contribution in [3.8, 4) is 0 Å². The predicted molar refractivity (Wildman–Crippen MR) is 116 cm³/mol. The number of carbonyl (C=O) groups is 2.